The summed E-state index contributed by atoms with van der Waals surface area (Å²) in [5.41, 5.74) is 0. The van der Waals surface area contributed by atoms with Crippen molar-refractivity contribution in [2.24, 2.45) is 5.92 Å². The molecule has 0 amide bonds. The van der Waals surface area contributed by atoms with E-state index >= 15 is 0 Å². The van der Waals surface area contributed by atoms with Crippen LogP contribution < -0.4 is 0 Å². The van der Waals surface area contributed by atoms with Crippen molar-refractivity contribution in [2.45, 2.75) is 51.4 Å². The SMILES string of the molecule is C=CCCCCCC1CCCC1=O. The molecule has 13 heavy (non-hydrogen) atoms. The molecule has 0 bridgehead atoms. The first-order chi connectivity index (χ1) is 6.34. The van der Waals surface area contributed by atoms with Crippen LogP contribution in [0.2, 0.25) is 0 Å². The molecule has 0 radical (unpaired) electrons. The van der Waals surface area contributed by atoms with Crippen LogP contribution >= 0.6 is 0 Å². The summed E-state index contributed by atoms with van der Waals surface area (Å²) in [6.07, 6.45) is 11.1. The Hall–Kier alpha value is -0.590. The van der Waals surface area contributed by atoms with Crippen LogP contribution in [0.4, 0.5) is 0 Å². The number of carbonyl (C=O) groups excluding carboxylic acids is 1. The van der Waals surface area contributed by atoms with Crippen molar-refractivity contribution < 1.29 is 4.79 Å². The van der Waals surface area contributed by atoms with Gasteiger partial charge in [-0.2, -0.15) is 0 Å². The van der Waals surface area contributed by atoms with Gasteiger partial charge in [-0.1, -0.05) is 18.9 Å². The number of allylic oxidation sites excluding steroid dienone is 1. The van der Waals surface area contributed by atoms with Crippen LogP contribution in [0.1, 0.15) is 51.4 Å². The summed E-state index contributed by atoms with van der Waals surface area (Å²) < 4.78 is 0. The fourth-order valence-electron chi connectivity index (χ4n) is 2.05. The molecule has 74 valence electrons. The van der Waals surface area contributed by atoms with E-state index < -0.39 is 0 Å². The summed E-state index contributed by atoms with van der Waals surface area (Å²) in [4.78, 5) is 11.3. The van der Waals surface area contributed by atoms with Gasteiger partial charge in [0.15, 0.2) is 0 Å². The highest BCUT2D eigenvalue weighted by Crippen LogP contribution is 2.26. The first-order valence-electron chi connectivity index (χ1n) is 5.48. The van der Waals surface area contributed by atoms with Gasteiger partial charge in [0.1, 0.15) is 5.78 Å². The van der Waals surface area contributed by atoms with Gasteiger partial charge >= 0.3 is 0 Å². The summed E-state index contributed by atoms with van der Waals surface area (Å²) in [6, 6.07) is 0. The van der Waals surface area contributed by atoms with Crippen molar-refractivity contribution in [1.29, 1.82) is 0 Å². The number of rotatable bonds is 6. The zero-order chi connectivity index (χ0) is 9.52. The van der Waals surface area contributed by atoms with E-state index in [2.05, 4.69) is 6.58 Å². The molecule has 1 aliphatic carbocycles. The highest BCUT2D eigenvalue weighted by molar-refractivity contribution is 5.82. The molecule has 0 aliphatic heterocycles. The van der Waals surface area contributed by atoms with E-state index in [0.29, 0.717) is 11.7 Å². The van der Waals surface area contributed by atoms with Gasteiger partial charge in [0, 0.05) is 12.3 Å². The average Bonchev–Trinajstić information content (AvgIpc) is 2.52. The first-order valence-corrected chi connectivity index (χ1v) is 5.48. The van der Waals surface area contributed by atoms with E-state index in [9.17, 15) is 4.79 Å². The largest absolute Gasteiger partial charge is 0.299 e. The quantitative estimate of drug-likeness (QED) is 0.451. The molecular weight excluding hydrogens is 160 g/mol. The molecule has 1 aliphatic rings. The molecule has 0 N–H and O–H groups in total. The highest BCUT2D eigenvalue weighted by atomic mass is 16.1. The minimum absolute atomic E-state index is 0.420. The molecule has 1 nitrogen and oxygen atoms in total. The second-order valence-electron chi connectivity index (χ2n) is 3.98. The monoisotopic (exact) mass is 180 g/mol. The van der Waals surface area contributed by atoms with E-state index in [1.807, 2.05) is 6.08 Å². The molecule has 1 heteroatoms. The fourth-order valence-corrected chi connectivity index (χ4v) is 2.05. The minimum Gasteiger partial charge on any atom is -0.299 e. The maximum absolute atomic E-state index is 11.3. The number of hydrogen-bond donors (Lipinski definition) is 0. The van der Waals surface area contributed by atoms with Crippen LogP contribution in [-0.2, 0) is 4.79 Å². The van der Waals surface area contributed by atoms with Crippen molar-refractivity contribution in [2.75, 3.05) is 0 Å². The highest BCUT2D eigenvalue weighted by Gasteiger charge is 2.23. The van der Waals surface area contributed by atoms with Crippen LogP contribution in [0.15, 0.2) is 12.7 Å². The third-order valence-electron chi connectivity index (χ3n) is 2.89. The Morgan fingerprint density at radius 1 is 1.38 bits per heavy atom. The third kappa shape index (κ3) is 3.75. The standard InChI is InChI=1S/C12H20O/c1-2-3-4-5-6-8-11-9-7-10-12(11)13/h2,11H,1,3-10H2. The van der Waals surface area contributed by atoms with Gasteiger partial charge in [0.05, 0.1) is 0 Å². The second kappa shape index (κ2) is 5.95. The van der Waals surface area contributed by atoms with E-state index in [4.69, 9.17) is 0 Å². The summed E-state index contributed by atoms with van der Waals surface area (Å²) in [7, 11) is 0. The zero-order valence-electron chi connectivity index (χ0n) is 8.43. The molecule has 0 saturated heterocycles. The van der Waals surface area contributed by atoms with Crippen molar-refractivity contribution in [3.63, 3.8) is 0 Å². The Morgan fingerprint density at radius 3 is 2.85 bits per heavy atom. The Morgan fingerprint density at radius 2 is 2.23 bits per heavy atom. The molecule has 0 aromatic carbocycles. The van der Waals surface area contributed by atoms with Crippen molar-refractivity contribution >= 4 is 5.78 Å². The van der Waals surface area contributed by atoms with Crippen LogP contribution in [0.3, 0.4) is 0 Å². The Labute approximate surface area is 81.2 Å². The van der Waals surface area contributed by atoms with Gasteiger partial charge in [0.25, 0.3) is 0 Å². The number of Topliss-reactive ketones (excluding diaryl/α,β-unsaturated/α-hetero) is 1. The average molecular weight is 180 g/mol. The molecule has 0 spiro atoms. The first kappa shape index (κ1) is 10.5. The molecule has 1 atom stereocenters. The minimum atomic E-state index is 0.420. The van der Waals surface area contributed by atoms with Crippen LogP contribution in [0.5, 0.6) is 0 Å². The Balaban J connectivity index is 1.99. The lowest BCUT2D eigenvalue weighted by molar-refractivity contribution is -0.120. The molecule has 1 unspecified atom stereocenters. The van der Waals surface area contributed by atoms with Gasteiger partial charge < -0.3 is 0 Å². The predicted octanol–water partition coefficient (Wildman–Crippen LogP) is 3.49. The maximum Gasteiger partial charge on any atom is 0.135 e. The third-order valence-corrected chi connectivity index (χ3v) is 2.89. The topological polar surface area (TPSA) is 17.1 Å². The number of hydrogen-bond acceptors (Lipinski definition) is 1. The number of carbonyl (C=O) groups is 1. The molecule has 1 fully saturated rings. The second-order valence-corrected chi connectivity index (χ2v) is 3.98. The van der Waals surface area contributed by atoms with Gasteiger partial charge in [-0.05, 0) is 32.1 Å². The van der Waals surface area contributed by atoms with Gasteiger partial charge in [-0.3, -0.25) is 4.79 Å². The molecule has 0 aromatic heterocycles. The van der Waals surface area contributed by atoms with E-state index in [1.54, 1.807) is 0 Å². The molecule has 0 heterocycles. The van der Waals surface area contributed by atoms with Crippen molar-refractivity contribution in [3.8, 4) is 0 Å². The smallest absolute Gasteiger partial charge is 0.135 e. The van der Waals surface area contributed by atoms with E-state index in [-0.39, 0.29) is 0 Å². The van der Waals surface area contributed by atoms with E-state index in [1.165, 1.54) is 19.3 Å². The Bertz CT molecular complexity index is 172. The lowest BCUT2D eigenvalue weighted by Gasteiger charge is -2.06. The van der Waals surface area contributed by atoms with E-state index in [0.717, 1.165) is 32.1 Å². The molecule has 1 rings (SSSR count). The number of ketones is 1. The van der Waals surface area contributed by atoms with Crippen LogP contribution in [0, 0.1) is 5.92 Å². The van der Waals surface area contributed by atoms with Gasteiger partial charge in [0.2, 0.25) is 0 Å². The van der Waals surface area contributed by atoms with Gasteiger partial charge in [-0.15, -0.1) is 6.58 Å². The summed E-state index contributed by atoms with van der Waals surface area (Å²) in [5.74, 6) is 0.937. The summed E-state index contributed by atoms with van der Waals surface area (Å²) in [6.45, 7) is 3.69. The van der Waals surface area contributed by atoms with Gasteiger partial charge in [-0.25, -0.2) is 0 Å². The zero-order valence-corrected chi connectivity index (χ0v) is 8.43. The summed E-state index contributed by atoms with van der Waals surface area (Å²) in [5, 5.41) is 0. The van der Waals surface area contributed by atoms with Crippen molar-refractivity contribution in [3.05, 3.63) is 12.7 Å². The molecule has 1 saturated carbocycles. The van der Waals surface area contributed by atoms with Crippen molar-refractivity contribution in [1.82, 2.24) is 0 Å². The number of unbranched alkanes of at least 4 members (excludes halogenated alkanes) is 3. The lowest BCUT2D eigenvalue weighted by atomic mass is 9.99. The van der Waals surface area contributed by atoms with Crippen LogP contribution in [-0.4, -0.2) is 5.78 Å². The maximum atomic E-state index is 11.3. The summed E-state index contributed by atoms with van der Waals surface area (Å²) >= 11 is 0. The Kier molecular flexibility index (Phi) is 4.81. The lowest BCUT2D eigenvalue weighted by Crippen LogP contribution is -2.05. The molecule has 0 aromatic rings. The normalized spacial score (nSPS) is 22.2. The fraction of sp³-hybridized carbons (Fsp3) is 0.750. The molecular formula is C12H20O. The van der Waals surface area contributed by atoms with Crippen LogP contribution in [0.25, 0.3) is 0 Å². The predicted molar refractivity (Wildman–Crippen MR) is 55.6 cm³/mol.